The third-order valence-corrected chi connectivity index (χ3v) is 4.19. The van der Waals surface area contributed by atoms with Crippen LogP contribution < -0.4 is 5.32 Å². The molecule has 0 radical (unpaired) electrons. The van der Waals surface area contributed by atoms with Gasteiger partial charge in [-0.1, -0.05) is 6.07 Å². The largest absolute Gasteiger partial charge is 0.508 e. The zero-order chi connectivity index (χ0) is 19.8. The van der Waals surface area contributed by atoms with Gasteiger partial charge in [-0.3, -0.25) is 9.48 Å². The number of rotatable bonds is 2. The molecule has 8 heteroatoms. The molecule has 0 saturated carbocycles. The van der Waals surface area contributed by atoms with Crippen molar-refractivity contribution in [3.8, 4) is 5.75 Å². The molecule has 0 bridgehead atoms. The van der Waals surface area contributed by atoms with Gasteiger partial charge in [-0.15, -0.1) is 0 Å². The van der Waals surface area contributed by atoms with E-state index in [4.69, 9.17) is 4.74 Å². The molecule has 27 heavy (non-hydrogen) atoms. The average Bonchev–Trinajstić information content (AvgIpc) is 2.88. The van der Waals surface area contributed by atoms with E-state index >= 15 is 0 Å². The number of phenolic OH excluding ortho intramolecular Hbond substituents is 1. The van der Waals surface area contributed by atoms with Gasteiger partial charge in [-0.2, -0.15) is 5.10 Å². The molecule has 1 aromatic heterocycles. The van der Waals surface area contributed by atoms with E-state index in [0.717, 1.165) is 11.3 Å². The van der Waals surface area contributed by atoms with E-state index in [9.17, 15) is 14.7 Å². The zero-order valence-corrected chi connectivity index (χ0v) is 15.9. The Balaban J connectivity index is 1.81. The van der Waals surface area contributed by atoms with Crippen molar-refractivity contribution < 1.29 is 19.4 Å². The van der Waals surface area contributed by atoms with E-state index in [1.807, 2.05) is 20.8 Å². The molecule has 2 amide bonds. The SMILES string of the molecule is Cn1nc2c(c1NC(=O)c1cccc(O)c1)CN(C(=O)OC(C)(C)C)CC2. The summed E-state index contributed by atoms with van der Waals surface area (Å²) in [6.07, 6.45) is 0.201. The number of aryl methyl sites for hydroxylation is 1. The lowest BCUT2D eigenvalue weighted by Crippen LogP contribution is -2.40. The van der Waals surface area contributed by atoms with Gasteiger partial charge in [0.1, 0.15) is 17.2 Å². The third kappa shape index (κ3) is 4.21. The number of ether oxygens (including phenoxy) is 1. The Morgan fingerprint density at radius 1 is 1.30 bits per heavy atom. The van der Waals surface area contributed by atoms with Gasteiger partial charge >= 0.3 is 6.09 Å². The van der Waals surface area contributed by atoms with E-state index in [-0.39, 0.29) is 17.7 Å². The minimum absolute atomic E-state index is 0.0192. The van der Waals surface area contributed by atoms with Crippen LogP contribution in [0.1, 0.15) is 42.4 Å². The van der Waals surface area contributed by atoms with Crippen molar-refractivity contribution in [3.63, 3.8) is 0 Å². The summed E-state index contributed by atoms with van der Waals surface area (Å²) in [5, 5.41) is 16.9. The van der Waals surface area contributed by atoms with Gasteiger partial charge in [0.15, 0.2) is 0 Å². The number of amides is 2. The number of fused-ring (bicyclic) bond motifs is 1. The molecule has 1 aliphatic heterocycles. The van der Waals surface area contributed by atoms with Crippen LogP contribution in [0.5, 0.6) is 5.75 Å². The molecule has 3 rings (SSSR count). The molecule has 1 aromatic carbocycles. The average molecular weight is 372 g/mol. The number of benzene rings is 1. The second-order valence-corrected chi connectivity index (χ2v) is 7.55. The Morgan fingerprint density at radius 3 is 2.70 bits per heavy atom. The van der Waals surface area contributed by atoms with Crippen molar-refractivity contribution in [2.24, 2.45) is 7.05 Å². The van der Waals surface area contributed by atoms with Crippen molar-refractivity contribution in [1.29, 1.82) is 0 Å². The van der Waals surface area contributed by atoms with Crippen molar-refractivity contribution in [1.82, 2.24) is 14.7 Å². The van der Waals surface area contributed by atoms with Crippen molar-refractivity contribution in [2.75, 3.05) is 11.9 Å². The second-order valence-electron chi connectivity index (χ2n) is 7.55. The number of phenols is 1. The molecule has 144 valence electrons. The Hall–Kier alpha value is -3.03. The van der Waals surface area contributed by atoms with Crippen molar-refractivity contribution in [2.45, 2.75) is 39.3 Å². The first kappa shape index (κ1) is 18.8. The predicted molar refractivity (Wildman–Crippen MR) is 99.6 cm³/mol. The molecular formula is C19H24N4O4. The van der Waals surface area contributed by atoms with Gasteiger partial charge < -0.3 is 20.1 Å². The fraction of sp³-hybridized carbons (Fsp3) is 0.421. The van der Waals surface area contributed by atoms with Gasteiger partial charge in [-0.25, -0.2) is 4.79 Å². The smallest absolute Gasteiger partial charge is 0.410 e. The summed E-state index contributed by atoms with van der Waals surface area (Å²) in [7, 11) is 1.74. The summed E-state index contributed by atoms with van der Waals surface area (Å²) in [4.78, 5) is 26.5. The van der Waals surface area contributed by atoms with Crippen molar-refractivity contribution >= 4 is 17.8 Å². The number of hydrogen-bond donors (Lipinski definition) is 2. The van der Waals surface area contributed by atoms with Crippen LogP contribution in [0.3, 0.4) is 0 Å². The summed E-state index contributed by atoms with van der Waals surface area (Å²) >= 11 is 0. The lowest BCUT2D eigenvalue weighted by molar-refractivity contribution is 0.0224. The number of hydrogen-bond acceptors (Lipinski definition) is 5. The van der Waals surface area contributed by atoms with E-state index in [1.54, 1.807) is 28.8 Å². The van der Waals surface area contributed by atoms with E-state index in [1.165, 1.54) is 12.1 Å². The number of carbonyl (C=O) groups is 2. The first-order valence-electron chi connectivity index (χ1n) is 8.77. The Kier molecular flexibility index (Phi) is 4.82. The van der Waals surface area contributed by atoms with E-state index < -0.39 is 5.60 Å². The first-order valence-corrected chi connectivity index (χ1v) is 8.77. The Morgan fingerprint density at radius 2 is 2.04 bits per heavy atom. The summed E-state index contributed by atoms with van der Waals surface area (Å²) in [6, 6.07) is 6.12. The monoisotopic (exact) mass is 372 g/mol. The molecule has 0 atom stereocenters. The minimum atomic E-state index is -0.571. The highest BCUT2D eigenvalue weighted by Gasteiger charge is 2.30. The quantitative estimate of drug-likeness (QED) is 0.845. The molecule has 2 heterocycles. The van der Waals surface area contributed by atoms with Gasteiger partial charge in [0.25, 0.3) is 5.91 Å². The number of aromatic nitrogens is 2. The number of anilines is 1. The topological polar surface area (TPSA) is 96.7 Å². The molecule has 0 aliphatic carbocycles. The Labute approximate surface area is 157 Å². The maximum atomic E-state index is 12.5. The molecule has 0 saturated heterocycles. The van der Waals surface area contributed by atoms with Crippen LogP contribution in [0.25, 0.3) is 0 Å². The predicted octanol–water partition coefficient (Wildman–Crippen LogP) is 2.67. The summed E-state index contributed by atoms with van der Waals surface area (Å²) in [5.41, 5.74) is 1.41. The Bertz CT molecular complexity index is 882. The number of nitrogens with zero attached hydrogens (tertiary/aromatic N) is 3. The molecule has 0 spiro atoms. The summed E-state index contributed by atoms with van der Waals surface area (Å²) in [5.74, 6) is 0.198. The lowest BCUT2D eigenvalue weighted by atomic mass is 10.1. The first-order chi connectivity index (χ1) is 12.6. The van der Waals surface area contributed by atoms with E-state index in [2.05, 4.69) is 10.4 Å². The highest BCUT2D eigenvalue weighted by atomic mass is 16.6. The van der Waals surface area contributed by atoms with Crippen LogP contribution in [0, 0.1) is 0 Å². The second kappa shape index (κ2) is 6.94. The van der Waals surface area contributed by atoms with Crippen LogP contribution in [0.2, 0.25) is 0 Å². The van der Waals surface area contributed by atoms with Crippen LogP contribution >= 0.6 is 0 Å². The fourth-order valence-corrected chi connectivity index (χ4v) is 2.97. The highest BCUT2D eigenvalue weighted by molar-refractivity contribution is 6.04. The van der Waals surface area contributed by atoms with Gasteiger partial charge in [-0.05, 0) is 39.0 Å². The summed E-state index contributed by atoms with van der Waals surface area (Å²) < 4.78 is 7.05. The fourth-order valence-electron chi connectivity index (χ4n) is 2.97. The number of aromatic hydroxyl groups is 1. The number of nitrogens with one attached hydrogen (secondary N) is 1. The normalized spacial score (nSPS) is 13.9. The highest BCUT2D eigenvalue weighted by Crippen LogP contribution is 2.27. The van der Waals surface area contributed by atoms with Crippen LogP contribution in [0.4, 0.5) is 10.6 Å². The molecule has 2 N–H and O–H groups in total. The van der Waals surface area contributed by atoms with Crippen molar-refractivity contribution in [3.05, 3.63) is 41.1 Å². The third-order valence-electron chi connectivity index (χ3n) is 4.19. The van der Waals surface area contributed by atoms with Crippen LogP contribution in [-0.2, 0) is 24.8 Å². The maximum Gasteiger partial charge on any atom is 0.410 e. The molecule has 0 fully saturated rings. The molecule has 1 aliphatic rings. The van der Waals surface area contributed by atoms with Gasteiger partial charge in [0.2, 0.25) is 0 Å². The lowest BCUT2D eigenvalue weighted by Gasteiger charge is -2.29. The maximum absolute atomic E-state index is 12.5. The summed E-state index contributed by atoms with van der Waals surface area (Å²) in [6.45, 7) is 6.30. The van der Waals surface area contributed by atoms with Gasteiger partial charge in [0, 0.05) is 31.1 Å². The van der Waals surface area contributed by atoms with Gasteiger partial charge in [0.05, 0.1) is 12.2 Å². The van der Waals surface area contributed by atoms with Crippen LogP contribution in [-0.4, -0.2) is 43.9 Å². The molecule has 0 unspecified atom stereocenters. The number of carbonyl (C=O) groups excluding carboxylic acids is 2. The molecular weight excluding hydrogens is 348 g/mol. The van der Waals surface area contributed by atoms with E-state index in [0.29, 0.717) is 30.9 Å². The standard InChI is InChI=1S/C19H24N4O4/c1-19(2,3)27-18(26)23-9-8-15-14(11-23)16(22(4)21-15)20-17(25)12-6-5-7-13(24)10-12/h5-7,10,24H,8-9,11H2,1-4H3,(H,20,25). The molecule has 2 aromatic rings. The zero-order valence-electron chi connectivity index (χ0n) is 15.9. The van der Waals surface area contributed by atoms with Crippen LogP contribution in [0.15, 0.2) is 24.3 Å². The minimum Gasteiger partial charge on any atom is -0.508 e. The molecule has 8 nitrogen and oxygen atoms in total.